The quantitative estimate of drug-likeness (QED) is 0.642. The SMILES string of the molecule is COCCOCCCCN1C(=O)C(C)NC1C(C)C. The molecule has 1 amide bonds. The van der Waals surface area contributed by atoms with E-state index in [9.17, 15) is 4.79 Å². The van der Waals surface area contributed by atoms with E-state index in [0.29, 0.717) is 19.1 Å². The Labute approximate surface area is 116 Å². The maximum atomic E-state index is 12.0. The zero-order chi connectivity index (χ0) is 14.3. The average Bonchev–Trinajstić information content (AvgIpc) is 2.66. The fourth-order valence-electron chi connectivity index (χ4n) is 2.34. The lowest BCUT2D eigenvalue weighted by Gasteiger charge is -2.27. The van der Waals surface area contributed by atoms with Crippen LogP contribution < -0.4 is 5.32 Å². The highest BCUT2D eigenvalue weighted by Gasteiger charge is 2.36. The van der Waals surface area contributed by atoms with Crippen LogP contribution >= 0.6 is 0 Å². The van der Waals surface area contributed by atoms with Crippen LogP contribution in [0.25, 0.3) is 0 Å². The molecule has 2 atom stereocenters. The van der Waals surface area contributed by atoms with Crippen molar-refractivity contribution in [2.45, 2.75) is 45.8 Å². The van der Waals surface area contributed by atoms with E-state index in [1.54, 1.807) is 7.11 Å². The van der Waals surface area contributed by atoms with Crippen LogP contribution in [-0.2, 0) is 14.3 Å². The molecule has 2 unspecified atom stereocenters. The summed E-state index contributed by atoms with van der Waals surface area (Å²) in [5.74, 6) is 0.658. The maximum absolute atomic E-state index is 12.0. The summed E-state index contributed by atoms with van der Waals surface area (Å²) in [5, 5.41) is 3.35. The minimum atomic E-state index is -0.0506. The van der Waals surface area contributed by atoms with Gasteiger partial charge in [0.05, 0.1) is 25.4 Å². The molecule has 0 aromatic heterocycles. The Morgan fingerprint density at radius 3 is 2.63 bits per heavy atom. The lowest BCUT2D eigenvalue weighted by Crippen LogP contribution is -2.41. The lowest BCUT2D eigenvalue weighted by molar-refractivity contribution is -0.130. The molecule has 0 aromatic rings. The summed E-state index contributed by atoms with van der Waals surface area (Å²) in [6, 6.07) is -0.0506. The Bertz CT molecular complexity index is 271. The van der Waals surface area contributed by atoms with Crippen molar-refractivity contribution < 1.29 is 14.3 Å². The Balaban J connectivity index is 2.21. The molecule has 5 nitrogen and oxygen atoms in total. The second-order valence-electron chi connectivity index (χ2n) is 5.42. The molecule has 1 heterocycles. The molecule has 5 heteroatoms. The van der Waals surface area contributed by atoms with E-state index in [2.05, 4.69) is 19.2 Å². The molecule has 1 saturated heterocycles. The van der Waals surface area contributed by atoms with Crippen molar-refractivity contribution in [2.24, 2.45) is 5.92 Å². The minimum Gasteiger partial charge on any atom is -0.382 e. The zero-order valence-electron chi connectivity index (χ0n) is 12.6. The molecule has 1 N–H and O–H groups in total. The van der Waals surface area contributed by atoms with E-state index in [1.165, 1.54) is 0 Å². The number of amides is 1. The van der Waals surface area contributed by atoms with Gasteiger partial charge in [0.1, 0.15) is 0 Å². The van der Waals surface area contributed by atoms with Crippen LogP contribution in [0.1, 0.15) is 33.6 Å². The molecule has 1 rings (SSSR count). The molecule has 0 saturated carbocycles. The number of hydrogen-bond acceptors (Lipinski definition) is 4. The highest BCUT2D eigenvalue weighted by atomic mass is 16.5. The predicted octanol–water partition coefficient (Wildman–Crippen LogP) is 1.23. The van der Waals surface area contributed by atoms with Crippen LogP contribution in [0, 0.1) is 5.92 Å². The molecule has 0 spiro atoms. The number of ether oxygens (including phenoxy) is 2. The third-order valence-electron chi connectivity index (χ3n) is 3.41. The van der Waals surface area contributed by atoms with E-state index in [1.807, 2.05) is 11.8 Å². The molecular formula is C14H28N2O3. The summed E-state index contributed by atoms with van der Waals surface area (Å²) in [7, 11) is 1.67. The van der Waals surface area contributed by atoms with Gasteiger partial charge in [-0.15, -0.1) is 0 Å². The van der Waals surface area contributed by atoms with Crippen LogP contribution in [0.4, 0.5) is 0 Å². The summed E-state index contributed by atoms with van der Waals surface area (Å²) in [4.78, 5) is 14.0. The first-order valence-corrected chi connectivity index (χ1v) is 7.21. The first-order chi connectivity index (χ1) is 9.07. The van der Waals surface area contributed by atoms with Gasteiger partial charge in [0, 0.05) is 20.3 Å². The van der Waals surface area contributed by atoms with Crippen molar-refractivity contribution in [3.05, 3.63) is 0 Å². The number of hydrogen-bond donors (Lipinski definition) is 1. The van der Waals surface area contributed by atoms with Gasteiger partial charge in [0.2, 0.25) is 5.91 Å². The summed E-state index contributed by atoms with van der Waals surface area (Å²) in [5.41, 5.74) is 0. The van der Waals surface area contributed by atoms with Crippen LogP contribution in [0.15, 0.2) is 0 Å². The van der Waals surface area contributed by atoms with Gasteiger partial charge in [-0.25, -0.2) is 0 Å². The average molecular weight is 272 g/mol. The number of nitrogens with one attached hydrogen (secondary N) is 1. The summed E-state index contributed by atoms with van der Waals surface area (Å²) < 4.78 is 10.3. The lowest BCUT2D eigenvalue weighted by atomic mass is 10.1. The number of carbonyl (C=O) groups is 1. The molecule has 112 valence electrons. The maximum Gasteiger partial charge on any atom is 0.240 e. The second kappa shape index (κ2) is 8.51. The largest absolute Gasteiger partial charge is 0.382 e. The molecule has 1 aliphatic rings. The molecule has 0 aliphatic carbocycles. The molecule has 1 fully saturated rings. The van der Waals surface area contributed by atoms with Crippen molar-refractivity contribution in [3.63, 3.8) is 0 Å². The third-order valence-corrected chi connectivity index (χ3v) is 3.41. The van der Waals surface area contributed by atoms with Gasteiger partial charge in [-0.3, -0.25) is 10.1 Å². The summed E-state index contributed by atoms with van der Waals surface area (Å²) in [6.45, 7) is 9.06. The second-order valence-corrected chi connectivity index (χ2v) is 5.42. The number of methoxy groups -OCH3 is 1. The number of carbonyl (C=O) groups excluding carboxylic acids is 1. The van der Waals surface area contributed by atoms with E-state index >= 15 is 0 Å². The summed E-state index contributed by atoms with van der Waals surface area (Å²) in [6.07, 6.45) is 2.14. The third kappa shape index (κ3) is 5.09. The van der Waals surface area contributed by atoms with Crippen LogP contribution in [-0.4, -0.2) is 56.5 Å². The monoisotopic (exact) mass is 272 g/mol. The van der Waals surface area contributed by atoms with Crippen LogP contribution in [0.2, 0.25) is 0 Å². The Morgan fingerprint density at radius 1 is 1.26 bits per heavy atom. The fourth-order valence-corrected chi connectivity index (χ4v) is 2.34. The van der Waals surface area contributed by atoms with Crippen molar-refractivity contribution in [1.29, 1.82) is 0 Å². The molecule has 0 aromatic carbocycles. The number of rotatable bonds is 9. The fraction of sp³-hybridized carbons (Fsp3) is 0.929. The topological polar surface area (TPSA) is 50.8 Å². The highest BCUT2D eigenvalue weighted by Crippen LogP contribution is 2.18. The van der Waals surface area contributed by atoms with Gasteiger partial charge >= 0.3 is 0 Å². The van der Waals surface area contributed by atoms with Gasteiger partial charge in [-0.1, -0.05) is 13.8 Å². The Morgan fingerprint density at radius 2 is 2.00 bits per heavy atom. The molecule has 0 radical (unpaired) electrons. The highest BCUT2D eigenvalue weighted by molar-refractivity contribution is 5.83. The van der Waals surface area contributed by atoms with E-state index in [0.717, 1.165) is 26.0 Å². The van der Waals surface area contributed by atoms with E-state index in [4.69, 9.17) is 9.47 Å². The first kappa shape index (κ1) is 16.4. The summed E-state index contributed by atoms with van der Waals surface area (Å²) >= 11 is 0. The van der Waals surface area contributed by atoms with E-state index < -0.39 is 0 Å². The zero-order valence-corrected chi connectivity index (χ0v) is 12.6. The molecular weight excluding hydrogens is 244 g/mol. The van der Waals surface area contributed by atoms with Crippen molar-refractivity contribution in [3.8, 4) is 0 Å². The van der Waals surface area contributed by atoms with Crippen LogP contribution in [0.5, 0.6) is 0 Å². The van der Waals surface area contributed by atoms with Gasteiger partial charge in [0.25, 0.3) is 0 Å². The van der Waals surface area contributed by atoms with Crippen molar-refractivity contribution in [1.82, 2.24) is 10.2 Å². The number of nitrogens with zero attached hydrogens (tertiary/aromatic N) is 1. The van der Waals surface area contributed by atoms with E-state index in [-0.39, 0.29) is 18.1 Å². The normalized spacial score (nSPS) is 23.6. The molecule has 19 heavy (non-hydrogen) atoms. The first-order valence-electron chi connectivity index (χ1n) is 7.21. The standard InChI is InChI=1S/C14H28N2O3/c1-11(2)13-15-12(3)14(17)16(13)7-5-6-8-19-10-9-18-4/h11-13,15H,5-10H2,1-4H3. The van der Waals surface area contributed by atoms with Crippen molar-refractivity contribution in [2.75, 3.05) is 33.5 Å². The minimum absolute atomic E-state index is 0.0506. The van der Waals surface area contributed by atoms with Crippen molar-refractivity contribution >= 4 is 5.91 Å². The van der Waals surface area contributed by atoms with Gasteiger partial charge in [-0.05, 0) is 25.7 Å². The Kier molecular flexibility index (Phi) is 7.34. The van der Waals surface area contributed by atoms with Gasteiger partial charge in [-0.2, -0.15) is 0 Å². The molecule has 1 aliphatic heterocycles. The Hall–Kier alpha value is -0.650. The number of unbranched alkanes of at least 4 members (excludes halogenated alkanes) is 1. The van der Waals surface area contributed by atoms with Gasteiger partial charge < -0.3 is 14.4 Å². The predicted molar refractivity (Wildman–Crippen MR) is 74.9 cm³/mol. The smallest absolute Gasteiger partial charge is 0.240 e. The van der Waals surface area contributed by atoms with Crippen LogP contribution in [0.3, 0.4) is 0 Å². The molecule has 0 bridgehead atoms. The van der Waals surface area contributed by atoms with Gasteiger partial charge in [0.15, 0.2) is 0 Å².